The molecule has 1 rings (SSSR count). The summed E-state index contributed by atoms with van der Waals surface area (Å²) >= 11 is 0. The Labute approximate surface area is 114 Å². The van der Waals surface area contributed by atoms with Crippen molar-refractivity contribution >= 4 is 17.6 Å². The molecule has 0 spiro atoms. The van der Waals surface area contributed by atoms with Crippen LogP contribution < -0.4 is 5.32 Å². The summed E-state index contributed by atoms with van der Waals surface area (Å²) in [4.78, 5) is 33.1. The van der Waals surface area contributed by atoms with E-state index in [0.717, 1.165) is 6.07 Å². The van der Waals surface area contributed by atoms with Gasteiger partial charge in [-0.15, -0.1) is 0 Å². The number of carboxylic acid groups (broad SMARTS) is 1. The van der Waals surface area contributed by atoms with Gasteiger partial charge in [0.15, 0.2) is 5.54 Å². The highest BCUT2D eigenvalue weighted by Gasteiger charge is 2.35. The van der Waals surface area contributed by atoms with E-state index in [1.54, 1.807) is 0 Å². The predicted octanol–water partition coefficient (Wildman–Crippen LogP) is 0.814. The van der Waals surface area contributed by atoms with Crippen LogP contribution in [0.3, 0.4) is 0 Å². The second kappa shape index (κ2) is 6.11. The van der Waals surface area contributed by atoms with Crippen molar-refractivity contribution in [2.24, 2.45) is 0 Å². The van der Waals surface area contributed by atoms with Gasteiger partial charge in [-0.2, -0.15) is 0 Å². The topological polar surface area (TPSA) is 119 Å². The molecule has 8 nitrogen and oxygen atoms in total. The fraction of sp³-hybridized carbons (Fsp3) is 0.333. The third-order valence-electron chi connectivity index (χ3n) is 2.61. The lowest BCUT2D eigenvalue weighted by Gasteiger charge is -2.25. The quantitative estimate of drug-likeness (QED) is 0.588. The largest absolute Gasteiger partial charge is 0.479 e. The number of nitro groups is 1. The van der Waals surface area contributed by atoms with E-state index in [2.05, 4.69) is 5.32 Å². The van der Waals surface area contributed by atoms with Gasteiger partial charge in [-0.05, 0) is 13.0 Å². The Bertz CT molecular complexity index is 545. The van der Waals surface area contributed by atoms with E-state index < -0.39 is 22.3 Å². The van der Waals surface area contributed by atoms with Crippen LogP contribution in [0.1, 0.15) is 17.3 Å². The smallest absolute Gasteiger partial charge is 0.331 e. The van der Waals surface area contributed by atoms with Crippen LogP contribution in [-0.4, -0.2) is 41.2 Å². The lowest BCUT2D eigenvalue weighted by Crippen LogP contribution is -2.55. The van der Waals surface area contributed by atoms with Gasteiger partial charge in [-0.1, -0.05) is 6.07 Å². The van der Waals surface area contributed by atoms with Crippen LogP contribution in [0.25, 0.3) is 0 Å². The fourth-order valence-electron chi connectivity index (χ4n) is 1.52. The number of nitrogens with one attached hydrogen (secondary N) is 1. The lowest BCUT2D eigenvalue weighted by atomic mass is 10.0. The molecule has 8 heteroatoms. The van der Waals surface area contributed by atoms with Gasteiger partial charge >= 0.3 is 5.97 Å². The van der Waals surface area contributed by atoms with Gasteiger partial charge in [0.2, 0.25) is 0 Å². The second-order valence-electron chi connectivity index (χ2n) is 4.33. The first kappa shape index (κ1) is 15.6. The fourth-order valence-corrected chi connectivity index (χ4v) is 1.52. The number of methoxy groups -OCH3 is 1. The molecular weight excluding hydrogens is 268 g/mol. The summed E-state index contributed by atoms with van der Waals surface area (Å²) in [6.45, 7) is 1.05. The molecule has 0 saturated carbocycles. The number of ether oxygens (including phenoxy) is 1. The highest BCUT2D eigenvalue weighted by atomic mass is 16.6. The van der Waals surface area contributed by atoms with Crippen LogP contribution in [0.2, 0.25) is 0 Å². The number of aliphatic carboxylic acids is 1. The zero-order chi connectivity index (χ0) is 15.3. The number of hydrogen-bond donors (Lipinski definition) is 2. The number of hydrogen-bond acceptors (Lipinski definition) is 5. The number of non-ortho nitro benzene ring substituents is 1. The maximum Gasteiger partial charge on any atom is 0.331 e. The molecule has 0 fully saturated rings. The Kier molecular flexibility index (Phi) is 4.76. The molecule has 2 N–H and O–H groups in total. The zero-order valence-corrected chi connectivity index (χ0v) is 11.0. The number of rotatable bonds is 6. The predicted molar refractivity (Wildman–Crippen MR) is 68.5 cm³/mol. The minimum atomic E-state index is -1.61. The summed E-state index contributed by atoms with van der Waals surface area (Å²) < 4.78 is 4.76. The molecule has 0 aliphatic rings. The van der Waals surface area contributed by atoms with Crippen LogP contribution in [-0.2, 0) is 9.53 Å². The third-order valence-corrected chi connectivity index (χ3v) is 2.61. The molecule has 0 aliphatic heterocycles. The van der Waals surface area contributed by atoms with E-state index >= 15 is 0 Å². The Balaban J connectivity index is 2.98. The van der Waals surface area contributed by atoms with Crippen molar-refractivity contribution in [2.45, 2.75) is 12.5 Å². The number of carbonyl (C=O) groups excluding carboxylic acids is 1. The van der Waals surface area contributed by atoms with Gasteiger partial charge in [0.1, 0.15) is 0 Å². The molecule has 20 heavy (non-hydrogen) atoms. The molecule has 1 unspecified atom stereocenters. The molecule has 0 saturated heterocycles. The van der Waals surface area contributed by atoms with Crippen molar-refractivity contribution < 1.29 is 24.4 Å². The van der Waals surface area contributed by atoms with E-state index in [9.17, 15) is 19.7 Å². The number of nitrogens with zero attached hydrogens (tertiary/aromatic N) is 1. The Morgan fingerprint density at radius 2 is 2.15 bits per heavy atom. The number of carbonyl (C=O) groups is 2. The summed E-state index contributed by atoms with van der Waals surface area (Å²) in [6.07, 6.45) is 0. The van der Waals surface area contributed by atoms with Crippen LogP contribution in [0, 0.1) is 10.1 Å². The third kappa shape index (κ3) is 3.51. The van der Waals surface area contributed by atoms with Crippen molar-refractivity contribution in [1.82, 2.24) is 5.32 Å². The SMILES string of the molecule is COCC(C)(NC(=O)c1cccc([N+](=O)[O-])c1)C(=O)O. The van der Waals surface area contributed by atoms with Crippen LogP contribution in [0.4, 0.5) is 5.69 Å². The van der Waals surface area contributed by atoms with Gasteiger partial charge < -0.3 is 15.2 Å². The molecule has 108 valence electrons. The van der Waals surface area contributed by atoms with E-state index in [1.165, 1.54) is 32.2 Å². The van der Waals surface area contributed by atoms with Crippen molar-refractivity contribution in [3.8, 4) is 0 Å². The Hall–Kier alpha value is -2.48. The zero-order valence-electron chi connectivity index (χ0n) is 11.0. The summed E-state index contributed by atoms with van der Waals surface area (Å²) in [5.41, 5.74) is -1.86. The molecule has 1 atom stereocenters. The number of amides is 1. The molecule has 0 heterocycles. The van der Waals surface area contributed by atoms with Crippen LogP contribution in [0.5, 0.6) is 0 Å². The highest BCUT2D eigenvalue weighted by Crippen LogP contribution is 2.14. The monoisotopic (exact) mass is 282 g/mol. The normalized spacial score (nSPS) is 13.3. The molecule has 1 aromatic rings. The molecule has 0 aliphatic carbocycles. The average molecular weight is 282 g/mol. The molecule has 1 aromatic carbocycles. The molecular formula is C12H14N2O6. The highest BCUT2D eigenvalue weighted by molar-refractivity contribution is 5.98. The first-order valence-electron chi connectivity index (χ1n) is 5.59. The summed E-state index contributed by atoms with van der Waals surface area (Å²) in [5, 5.41) is 22.0. The van der Waals surface area contributed by atoms with Gasteiger partial charge in [0.05, 0.1) is 11.5 Å². The maximum absolute atomic E-state index is 12.0. The maximum atomic E-state index is 12.0. The molecule has 0 aromatic heterocycles. The second-order valence-corrected chi connectivity index (χ2v) is 4.33. The average Bonchev–Trinajstić information content (AvgIpc) is 2.38. The van der Waals surface area contributed by atoms with Gasteiger partial charge in [-0.25, -0.2) is 4.79 Å². The number of nitro benzene ring substituents is 1. The molecule has 1 amide bonds. The van der Waals surface area contributed by atoms with Crippen molar-refractivity contribution in [3.63, 3.8) is 0 Å². The van der Waals surface area contributed by atoms with Crippen LogP contribution in [0.15, 0.2) is 24.3 Å². The first-order valence-corrected chi connectivity index (χ1v) is 5.59. The van der Waals surface area contributed by atoms with Gasteiger partial charge in [-0.3, -0.25) is 14.9 Å². The number of benzene rings is 1. The standard InChI is InChI=1S/C12H14N2O6/c1-12(7-20-2,11(16)17)13-10(15)8-4-3-5-9(6-8)14(18)19/h3-6H,7H2,1-2H3,(H,13,15)(H,16,17). The summed E-state index contributed by atoms with van der Waals surface area (Å²) in [5.74, 6) is -1.99. The summed E-state index contributed by atoms with van der Waals surface area (Å²) in [6, 6.07) is 5.02. The lowest BCUT2D eigenvalue weighted by molar-refractivity contribution is -0.384. The van der Waals surface area contributed by atoms with Crippen molar-refractivity contribution in [1.29, 1.82) is 0 Å². The molecule has 0 bridgehead atoms. The van der Waals surface area contributed by atoms with Crippen LogP contribution >= 0.6 is 0 Å². The minimum absolute atomic E-state index is 0.00257. The Morgan fingerprint density at radius 3 is 2.65 bits per heavy atom. The Morgan fingerprint density at radius 1 is 1.50 bits per heavy atom. The van der Waals surface area contributed by atoms with E-state index in [4.69, 9.17) is 9.84 Å². The van der Waals surface area contributed by atoms with E-state index in [1.807, 2.05) is 0 Å². The summed E-state index contributed by atoms with van der Waals surface area (Å²) in [7, 11) is 1.31. The van der Waals surface area contributed by atoms with Crippen molar-refractivity contribution in [2.75, 3.05) is 13.7 Å². The minimum Gasteiger partial charge on any atom is -0.479 e. The van der Waals surface area contributed by atoms with Gasteiger partial charge in [0.25, 0.3) is 11.6 Å². The van der Waals surface area contributed by atoms with E-state index in [-0.39, 0.29) is 17.9 Å². The van der Waals surface area contributed by atoms with Gasteiger partial charge in [0, 0.05) is 24.8 Å². The number of carboxylic acids is 1. The van der Waals surface area contributed by atoms with E-state index in [0.29, 0.717) is 0 Å². The first-order chi connectivity index (χ1) is 9.30. The van der Waals surface area contributed by atoms with Crippen molar-refractivity contribution in [3.05, 3.63) is 39.9 Å². The molecule has 0 radical (unpaired) electrons.